The van der Waals surface area contributed by atoms with E-state index in [2.05, 4.69) is 10.5 Å². The van der Waals surface area contributed by atoms with E-state index < -0.39 is 5.82 Å². The maximum Gasteiger partial charge on any atom is 0.271 e. The molecule has 2 aromatic rings. The van der Waals surface area contributed by atoms with E-state index in [0.717, 1.165) is 5.56 Å². The van der Waals surface area contributed by atoms with Gasteiger partial charge in [0.15, 0.2) is 0 Å². The summed E-state index contributed by atoms with van der Waals surface area (Å²) in [7, 11) is 0. The molecule has 3 nitrogen and oxygen atoms in total. The van der Waals surface area contributed by atoms with Crippen LogP contribution in [0.2, 0.25) is 5.02 Å². The number of hydrogen-bond acceptors (Lipinski definition) is 2. The van der Waals surface area contributed by atoms with Gasteiger partial charge in [-0.05, 0) is 44.2 Å². The average molecular weight is 305 g/mol. The molecule has 2 rings (SSSR count). The van der Waals surface area contributed by atoms with Crippen LogP contribution in [-0.2, 0) is 0 Å². The summed E-state index contributed by atoms with van der Waals surface area (Å²) in [6.07, 6.45) is 0. The van der Waals surface area contributed by atoms with Crippen molar-refractivity contribution in [2.75, 3.05) is 0 Å². The van der Waals surface area contributed by atoms with E-state index in [1.165, 1.54) is 18.2 Å². The van der Waals surface area contributed by atoms with Crippen molar-refractivity contribution in [1.29, 1.82) is 0 Å². The third-order valence-corrected chi connectivity index (χ3v) is 3.27. The van der Waals surface area contributed by atoms with Crippen LogP contribution in [0.1, 0.15) is 28.4 Å². The Bertz CT molecular complexity index is 696. The van der Waals surface area contributed by atoms with E-state index in [9.17, 15) is 9.18 Å². The molecule has 108 valence electrons. The molecule has 0 unspecified atom stereocenters. The van der Waals surface area contributed by atoms with Crippen LogP contribution in [0.4, 0.5) is 4.39 Å². The lowest BCUT2D eigenvalue weighted by atomic mass is 10.1. The second-order valence-corrected chi connectivity index (χ2v) is 5.04. The number of aryl methyl sites for hydroxylation is 1. The summed E-state index contributed by atoms with van der Waals surface area (Å²) in [4.78, 5) is 11.9. The topological polar surface area (TPSA) is 41.5 Å². The van der Waals surface area contributed by atoms with Gasteiger partial charge in [0.05, 0.1) is 10.7 Å². The minimum Gasteiger partial charge on any atom is -0.267 e. The number of carbonyl (C=O) groups excluding carboxylic acids is 1. The van der Waals surface area contributed by atoms with E-state index in [1.807, 2.05) is 19.1 Å². The third-order valence-electron chi connectivity index (χ3n) is 2.96. The third kappa shape index (κ3) is 3.89. The number of rotatable bonds is 3. The van der Waals surface area contributed by atoms with Gasteiger partial charge in [-0.1, -0.05) is 29.3 Å². The molecule has 2 aromatic carbocycles. The second-order valence-electron chi connectivity index (χ2n) is 4.63. The first kappa shape index (κ1) is 15.2. The maximum absolute atomic E-state index is 13.0. The zero-order valence-corrected chi connectivity index (χ0v) is 12.4. The molecule has 0 aliphatic carbocycles. The lowest BCUT2D eigenvalue weighted by Gasteiger charge is -2.05. The Kier molecular flexibility index (Phi) is 4.70. The molecule has 0 radical (unpaired) electrons. The quantitative estimate of drug-likeness (QED) is 0.677. The predicted molar refractivity (Wildman–Crippen MR) is 82.3 cm³/mol. The number of benzene rings is 2. The number of amides is 1. The van der Waals surface area contributed by atoms with Gasteiger partial charge in [-0.2, -0.15) is 5.10 Å². The van der Waals surface area contributed by atoms with Gasteiger partial charge in [0.2, 0.25) is 0 Å². The highest BCUT2D eigenvalue weighted by Gasteiger charge is 2.07. The van der Waals surface area contributed by atoms with E-state index in [0.29, 0.717) is 16.8 Å². The number of carbonyl (C=O) groups is 1. The molecule has 0 bridgehead atoms. The van der Waals surface area contributed by atoms with Gasteiger partial charge in [0.1, 0.15) is 5.82 Å². The SMILES string of the molecule is C/C(=N/NC(=O)c1ccc(C)cc1)c1ccc(F)cc1Cl. The molecule has 0 spiro atoms. The Balaban J connectivity index is 2.12. The van der Waals surface area contributed by atoms with Crippen molar-refractivity contribution in [1.82, 2.24) is 5.43 Å². The fourth-order valence-corrected chi connectivity index (χ4v) is 2.05. The molecule has 0 fully saturated rings. The fraction of sp³-hybridized carbons (Fsp3) is 0.125. The molecule has 0 aliphatic rings. The number of hydrogen-bond donors (Lipinski definition) is 1. The van der Waals surface area contributed by atoms with Gasteiger partial charge in [-0.25, -0.2) is 9.82 Å². The van der Waals surface area contributed by atoms with Crippen molar-refractivity contribution >= 4 is 23.2 Å². The Morgan fingerprint density at radius 2 is 1.86 bits per heavy atom. The molecular formula is C16H14ClFN2O. The molecule has 5 heteroatoms. The van der Waals surface area contributed by atoms with Crippen molar-refractivity contribution in [3.8, 4) is 0 Å². The first-order valence-corrected chi connectivity index (χ1v) is 6.72. The van der Waals surface area contributed by atoms with Crippen LogP contribution in [0.15, 0.2) is 47.6 Å². The Morgan fingerprint density at radius 1 is 1.19 bits per heavy atom. The van der Waals surface area contributed by atoms with Gasteiger partial charge in [-0.15, -0.1) is 0 Å². The molecule has 0 heterocycles. The van der Waals surface area contributed by atoms with Crippen LogP contribution < -0.4 is 5.43 Å². The Hall–Kier alpha value is -2.20. The molecule has 0 atom stereocenters. The van der Waals surface area contributed by atoms with Crippen LogP contribution in [0.25, 0.3) is 0 Å². The maximum atomic E-state index is 13.0. The normalized spacial score (nSPS) is 11.3. The predicted octanol–water partition coefficient (Wildman–Crippen LogP) is 3.94. The number of halogens is 2. The summed E-state index contributed by atoms with van der Waals surface area (Å²) in [5.74, 6) is -0.729. The Morgan fingerprint density at radius 3 is 2.48 bits per heavy atom. The summed E-state index contributed by atoms with van der Waals surface area (Å²) < 4.78 is 13.0. The van der Waals surface area contributed by atoms with Crippen LogP contribution in [0.5, 0.6) is 0 Å². The minimum atomic E-state index is -0.416. The summed E-state index contributed by atoms with van der Waals surface area (Å²) in [6, 6.07) is 11.2. The smallest absolute Gasteiger partial charge is 0.267 e. The highest BCUT2D eigenvalue weighted by atomic mass is 35.5. The molecule has 0 saturated carbocycles. The average Bonchev–Trinajstić information content (AvgIpc) is 2.45. The number of hydrazone groups is 1. The Labute approximate surface area is 127 Å². The first-order valence-electron chi connectivity index (χ1n) is 6.34. The molecular weight excluding hydrogens is 291 g/mol. The zero-order chi connectivity index (χ0) is 15.4. The van der Waals surface area contributed by atoms with Crippen molar-refractivity contribution in [2.45, 2.75) is 13.8 Å². The molecule has 0 saturated heterocycles. The highest BCUT2D eigenvalue weighted by Crippen LogP contribution is 2.17. The standard InChI is InChI=1S/C16H14ClFN2O/c1-10-3-5-12(6-4-10)16(21)20-19-11(2)14-8-7-13(18)9-15(14)17/h3-9H,1-2H3,(H,20,21)/b19-11-. The molecule has 21 heavy (non-hydrogen) atoms. The minimum absolute atomic E-state index is 0.251. The van der Waals surface area contributed by atoms with E-state index >= 15 is 0 Å². The molecule has 0 aromatic heterocycles. The first-order chi connectivity index (χ1) is 9.97. The van der Waals surface area contributed by atoms with Gasteiger partial charge in [-0.3, -0.25) is 4.79 Å². The molecule has 0 aliphatic heterocycles. The van der Waals surface area contributed by atoms with Crippen molar-refractivity contribution in [3.05, 3.63) is 70.0 Å². The van der Waals surface area contributed by atoms with Gasteiger partial charge >= 0.3 is 0 Å². The van der Waals surface area contributed by atoms with Crippen LogP contribution >= 0.6 is 11.6 Å². The summed E-state index contributed by atoms with van der Waals surface area (Å²) in [5, 5.41) is 4.24. The van der Waals surface area contributed by atoms with E-state index in [1.54, 1.807) is 19.1 Å². The summed E-state index contributed by atoms with van der Waals surface area (Å²) in [6.45, 7) is 3.63. The monoisotopic (exact) mass is 304 g/mol. The van der Waals surface area contributed by atoms with Crippen molar-refractivity contribution in [3.63, 3.8) is 0 Å². The van der Waals surface area contributed by atoms with Gasteiger partial charge in [0.25, 0.3) is 5.91 Å². The summed E-state index contributed by atoms with van der Waals surface area (Å²) >= 11 is 5.94. The number of nitrogens with zero attached hydrogens (tertiary/aromatic N) is 1. The van der Waals surface area contributed by atoms with Crippen molar-refractivity contribution in [2.24, 2.45) is 5.10 Å². The lowest BCUT2D eigenvalue weighted by Crippen LogP contribution is -2.19. The summed E-state index contributed by atoms with van der Waals surface area (Å²) in [5.41, 5.74) is 5.12. The van der Waals surface area contributed by atoms with Crippen LogP contribution in [-0.4, -0.2) is 11.6 Å². The fourth-order valence-electron chi connectivity index (χ4n) is 1.75. The second kappa shape index (κ2) is 6.50. The zero-order valence-electron chi connectivity index (χ0n) is 11.7. The van der Waals surface area contributed by atoms with E-state index in [-0.39, 0.29) is 10.9 Å². The van der Waals surface area contributed by atoms with Crippen LogP contribution in [0.3, 0.4) is 0 Å². The molecule has 1 N–H and O–H groups in total. The molecule has 1 amide bonds. The van der Waals surface area contributed by atoms with Gasteiger partial charge < -0.3 is 0 Å². The van der Waals surface area contributed by atoms with Crippen molar-refractivity contribution < 1.29 is 9.18 Å². The highest BCUT2D eigenvalue weighted by molar-refractivity contribution is 6.34. The van der Waals surface area contributed by atoms with E-state index in [4.69, 9.17) is 11.6 Å². The van der Waals surface area contributed by atoms with Crippen LogP contribution in [0, 0.1) is 12.7 Å². The number of nitrogens with one attached hydrogen (secondary N) is 1. The lowest BCUT2D eigenvalue weighted by molar-refractivity contribution is 0.0955. The van der Waals surface area contributed by atoms with Gasteiger partial charge in [0, 0.05) is 11.1 Å². The largest absolute Gasteiger partial charge is 0.271 e.